The highest BCUT2D eigenvalue weighted by atomic mass is 14.2. The summed E-state index contributed by atoms with van der Waals surface area (Å²) in [6.07, 6.45) is 0.932. The Bertz CT molecular complexity index is 873. The summed E-state index contributed by atoms with van der Waals surface area (Å²) in [5.74, 6) is 0.742. The molecule has 2 atom stereocenters. The van der Waals surface area contributed by atoms with Gasteiger partial charge in [-0.1, -0.05) is 110 Å². The van der Waals surface area contributed by atoms with Crippen LogP contribution >= 0.6 is 0 Å². The number of rotatable bonds is 6. The third-order valence-corrected chi connectivity index (χ3v) is 5.34. The van der Waals surface area contributed by atoms with Crippen LogP contribution in [0.15, 0.2) is 91.0 Å². The zero-order valence-electron chi connectivity index (χ0n) is 16.1. The molecular weight excluding hydrogens is 312 g/mol. The lowest BCUT2D eigenvalue weighted by Gasteiger charge is -2.19. The lowest BCUT2D eigenvalue weighted by Crippen LogP contribution is -2.03. The van der Waals surface area contributed by atoms with Crippen molar-refractivity contribution in [2.45, 2.75) is 39.0 Å². The normalized spacial score (nSPS) is 13.2. The summed E-state index contributed by atoms with van der Waals surface area (Å²) in [4.78, 5) is 0. The van der Waals surface area contributed by atoms with Crippen molar-refractivity contribution in [3.63, 3.8) is 0 Å². The lowest BCUT2D eigenvalue weighted by atomic mass is 9.86. The molecule has 0 fully saturated rings. The van der Waals surface area contributed by atoms with E-state index in [-0.39, 0.29) is 0 Å². The summed E-state index contributed by atoms with van der Waals surface area (Å²) >= 11 is 0. The first-order valence-electron chi connectivity index (χ1n) is 9.42. The number of allylic oxidation sites excluding steroid dienone is 1. The summed E-state index contributed by atoms with van der Waals surface area (Å²) in [7, 11) is 0. The molecular formula is C26H28. The molecule has 0 bridgehead atoms. The molecule has 26 heavy (non-hydrogen) atoms. The van der Waals surface area contributed by atoms with Gasteiger partial charge in [0.2, 0.25) is 0 Å². The molecule has 0 aliphatic rings. The van der Waals surface area contributed by atoms with Crippen molar-refractivity contribution in [2.75, 3.05) is 0 Å². The highest BCUT2D eigenvalue weighted by Gasteiger charge is 2.13. The first-order chi connectivity index (χ1) is 12.5. The first kappa shape index (κ1) is 18.2. The molecule has 3 aromatic carbocycles. The second kappa shape index (κ2) is 8.19. The van der Waals surface area contributed by atoms with Crippen molar-refractivity contribution in [1.29, 1.82) is 0 Å². The van der Waals surface area contributed by atoms with Gasteiger partial charge in [-0.2, -0.15) is 0 Å². The lowest BCUT2D eigenvalue weighted by molar-refractivity contribution is 0.845. The molecule has 0 saturated carbocycles. The second-order valence-corrected chi connectivity index (χ2v) is 7.35. The van der Waals surface area contributed by atoms with E-state index in [4.69, 9.17) is 0 Å². The number of hydrogen-bond acceptors (Lipinski definition) is 0. The molecule has 0 heteroatoms. The fourth-order valence-corrected chi connectivity index (χ4v) is 3.50. The SMILES string of the molecule is C=C(Cc1cccc(C)c1)C(C)c1cccc(C(C)c2ccccc2)c1. The molecule has 0 nitrogen and oxygen atoms in total. The van der Waals surface area contributed by atoms with Crippen LogP contribution in [0.2, 0.25) is 0 Å². The Labute approximate surface area is 158 Å². The molecule has 132 valence electrons. The Kier molecular flexibility index (Phi) is 5.73. The highest BCUT2D eigenvalue weighted by molar-refractivity contribution is 5.38. The van der Waals surface area contributed by atoms with E-state index in [9.17, 15) is 0 Å². The third kappa shape index (κ3) is 4.32. The van der Waals surface area contributed by atoms with Gasteiger partial charge >= 0.3 is 0 Å². The Morgan fingerprint density at radius 3 is 2.15 bits per heavy atom. The van der Waals surface area contributed by atoms with Crippen LogP contribution in [-0.2, 0) is 6.42 Å². The van der Waals surface area contributed by atoms with Crippen LogP contribution in [0.5, 0.6) is 0 Å². The molecule has 3 rings (SSSR count). The summed E-state index contributed by atoms with van der Waals surface area (Å²) in [5, 5.41) is 0. The monoisotopic (exact) mass is 340 g/mol. The standard InChI is InChI=1S/C26H28/c1-19-10-8-11-23(16-19)17-20(2)21(3)25-14-9-15-26(18-25)22(4)24-12-6-5-7-13-24/h5-16,18,21-22H,2,17H2,1,3-4H3. The van der Waals surface area contributed by atoms with Crippen molar-refractivity contribution in [2.24, 2.45) is 0 Å². The first-order valence-corrected chi connectivity index (χ1v) is 9.42. The van der Waals surface area contributed by atoms with E-state index in [1.165, 1.54) is 33.4 Å². The van der Waals surface area contributed by atoms with Crippen LogP contribution in [0, 0.1) is 6.92 Å². The zero-order valence-corrected chi connectivity index (χ0v) is 16.1. The van der Waals surface area contributed by atoms with E-state index < -0.39 is 0 Å². The maximum atomic E-state index is 4.39. The minimum absolute atomic E-state index is 0.346. The fraction of sp³-hybridized carbons (Fsp3) is 0.231. The zero-order chi connectivity index (χ0) is 18.5. The van der Waals surface area contributed by atoms with Crippen LogP contribution in [0.3, 0.4) is 0 Å². The van der Waals surface area contributed by atoms with Crippen LogP contribution in [-0.4, -0.2) is 0 Å². The largest absolute Gasteiger partial charge is 0.0989 e. The number of aryl methyl sites for hydroxylation is 1. The third-order valence-electron chi connectivity index (χ3n) is 5.34. The Morgan fingerprint density at radius 1 is 0.769 bits per heavy atom. The van der Waals surface area contributed by atoms with Crippen LogP contribution < -0.4 is 0 Å². The van der Waals surface area contributed by atoms with E-state index in [1.807, 2.05) is 0 Å². The molecule has 0 aliphatic heterocycles. The van der Waals surface area contributed by atoms with Gasteiger partial charge in [0.05, 0.1) is 0 Å². The predicted octanol–water partition coefficient (Wildman–Crippen LogP) is 7.05. The average Bonchev–Trinajstić information content (AvgIpc) is 2.67. The molecule has 0 aliphatic carbocycles. The van der Waals surface area contributed by atoms with Gasteiger partial charge in [-0.3, -0.25) is 0 Å². The number of benzene rings is 3. The summed E-state index contributed by atoms with van der Waals surface area (Å²) in [6, 6.07) is 28.4. The van der Waals surface area contributed by atoms with E-state index in [2.05, 4.69) is 106 Å². The molecule has 0 amide bonds. The topological polar surface area (TPSA) is 0 Å². The fourth-order valence-electron chi connectivity index (χ4n) is 3.50. The van der Waals surface area contributed by atoms with Gasteiger partial charge in [0, 0.05) is 11.8 Å². The van der Waals surface area contributed by atoms with Crippen molar-refractivity contribution in [3.05, 3.63) is 119 Å². The second-order valence-electron chi connectivity index (χ2n) is 7.35. The average molecular weight is 341 g/mol. The molecule has 3 aromatic rings. The van der Waals surface area contributed by atoms with E-state index in [0.29, 0.717) is 11.8 Å². The van der Waals surface area contributed by atoms with Crippen molar-refractivity contribution in [1.82, 2.24) is 0 Å². The van der Waals surface area contributed by atoms with Gasteiger partial charge in [-0.15, -0.1) is 0 Å². The smallest absolute Gasteiger partial charge is 0.00611 e. The van der Waals surface area contributed by atoms with E-state index >= 15 is 0 Å². The Morgan fingerprint density at radius 2 is 1.42 bits per heavy atom. The van der Waals surface area contributed by atoms with Crippen LogP contribution in [0.4, 0.5) is 0 Å². The molecule has 0 saturated heterocycles. The Balaban J connectivity index is 1.77. The number of hydrogen-bond donors (Lipinski definition) is 0. The maximum Gasteiger partial charge on any atom is 0.00611 e. The molecule has 0 aromatic heterocycles. The summed E-state index contributed by atoms with van der Waals surface area (Å²) in [6.45, 7) is 11.1. The Hall–Kier alpha value is -2.60. The van der Waals surface area contributed by atoms with Gasteiger partial charge < -0.3 is 0 Å². The van der Waals surface area contributed by atoms with Gasteiger partial charge in [-0.05, 0) is 35.6 Å². The van der Waals surface area contributed by atoms with Crippen molar-refractivity contribution in [3.8, 4) is 0 Å². The molecule has 0 spiro atoms. The summed E-state index contributed by atoms with van der Waals surface area (Å²) < 4.78 is 0. The summed E-state index contributed by atoms with van der Waals surface area (Å²) in [5.41, 5.74) is 7.99. The minimum Gasteiger partial charge on any atom is -0.0989 e. The highest BCUT2D eigenvalue weighted by Crippen LogP contribution is 2.30. The minimum atomic E-state index is 0.346. The molecule has 0 radical (unpaired) electrons. The maximum absolute atomic E-state index is 4.39. The van der Waals surface area contributed by atoms with Gasteiger partial charge in [0.25, 0.3) is 0 Å². The van der Waals surface area contributed by atoms with Gasteiger partial charge in [-0.25, -0.2) is 0 Å². The van der Waals surface area contributed by atoms with Crippen LogP contribution in [0.1, 0.15) is 53.5 Å². The van der Waals surface area contributed by atoms with Gasteiger partial charge in [0.15, 0.2) is 0 Å². The van der Waals surface area contributed by atoms with E-state index in [1.54, 1.807) is 0 Å². The van der Waals surface area contributed by atoms with Crippen LogP contribution in [0.25, 0.3) is 0 Å². The van der Waals surface area contributed by atoms with E-state index in [0.717, 1.165) is 6.42 Å². The predicted molar refractivity (Wildman–Crippen MR) is 113 cm³/mol. The molecule has 2 unspecified atom stereocenters. The quantitative estimate of drug-likeness (QED) is 0.422. The van der Waals surface area contributed by atoms with Crippen molar-refractivity contribution >= 4 is 0 Å². The molecule has 0 N–H and O–H groups in total. The van der Waals surface area contributed by atoms with Crippen molar-refractivity contribution < 1.29 is 0 Å². The molecule has 0 heterocycles. The van der Waals surface area contributed by atoms with Gasteiger partial charge in [0.1, 0.15) is 0 Å².